The zero-order chi connectivity index (χ0) is 12.0. The van der Waals surface area contributed by atoms with E-state index in [1.54, 1.807) is 0 Å². The van der Waals surface area contributed by atoms with Crippen LogP contribution in [0.3, 0.4) is 0 Å². The molecule has 0 amide bonds. The van der Waals surface area contributed by atoms with Crippen LogP contribution >= 0.6 is 15.9 Å². The molecule has 1 aromatic carbocycles. The Kier molecular flexibility index (Phi) is 5.85. The molecule has 0 spiro atoms. The molecule has 0 saturated heterocycles. The van der Waals surface area contributed by atoms with Gasteiger partial charge in [0, 0.05) is 16.1 Å². The fourth-order valence-corrected chi connectivity index (χ4v) is 1.85. The Morgan fingerprint density at radius 2 is 2.19 bits per heavy atom. The van der Waals surface area contributed by atoms with Gasteiger partial charge in [0.05, 0.1) is 6.61 Å². The van der Waals surface area contributed by atoms with E-state index in [1.165, 1.54) is 5.56 Å². The van der Waals surface area contributed by atoms with Gasteiger partial charge in [-0.05, 0) is 38.6 Å². The SMILES string of the molecule is CCCCOc1ccc(Br)cc1C(C)NC. The highest BCUT2D eigenvalue weighted by atomic mass is 79.9. The molecule has 2 nitrogen and oxygen atoms in total. The van der Waals surface area contributed by atoms with Crippen LogP contribution in [0.5, 0.6) is 5.75 Å². The highest BCUT2D eigenvalue weighted by Crippen LogP contribution is 2.28. The standard InChI is InChI=1S/C13H20BrNO/c1-4-5-8-16-13-7-6-11(14)9-12(13)10(2)15-3/h6-7,9-10,15H,4-5,8H2,1-3H3. The average molecular weight is 286 g/mol. The number of rotatable bonds is 6. The molecule has 0 aromatic heterocycles. The van der Waals surface area contributed by atoms with Gasteiger partial charge in [0.1, 0.15) is 5.75 Å². The maximum absolute atomic E-state index is 5.79. The first-order valence-electron chi connectivity index (χ1n) is 5.78. The predicted molar refractivity (Wildman–Crippen MR) is 72.0 cm³/mol. The Morgan fingerprint density at radius 3 is 2.81 bits per heavy atom. The molecule has 0 fully saturated rings. The molecule has 0 aliphatic heterocycles. The molecule has 16 heavy (non-hydrogen) atoms. The van der Waals surface area contributed by atoms with Gasteiger partial charge in [-0.3, -0.25) is 0 Å². The van der Waals surface area contributed by atoms with E-state index in [9.17, 15) is 0 Å². The minimum atomic E-state index is 0.300. The predicted octanol–water partition coefficient (Wildman–Crippen LogP) is 3.91. The van der Waals surface area contributed by atoms with E-state index in [0.29, 0.717) is 6.04 Å². The second kappa shape index (κ2) is 6.92. The number of halogens is 1. The van der Waals surface area contributed by atoms with Gasteiger partial charge in [0.2, 0.25) is 0 Å². The minimum Gasteiger partial charge on any atom is -0.493 e. The number of benzene rings is 1. The Hall–Kier alpha value is -0.540. The van der Waals surface area contributed by atoms with Crippen molar-refractivity contribution in [2.75, 3.05) is 13.7 Å². The third kappa shape index (κ3) is 3.80. The molecule has 0 radical (unpaired) electrons. The lowest BCUT2D eigenvalue weighted by molar-refractivity contribution is 0.303. The molecule has 90 valence electrons. The highest BCUT2D eigenvalue weighted by molar-refractivity contribution is 9.10. The largest absolute Gasteiger partial charge is 0.493 e. The lowest BCUT2D eigenvalue weighted by atomic mass is 10.1. The molecule has 1 N–H and O–H groups in total. The summed E-state index contributed by atoms with van der Waals surface area (Å²) in [5.41, 5.74) is 1.20. The average Bonchev–Trinajstić information content (AvgIpc) is 2.30. The van der Waals surface area contributed by atoms with E-state index >= 15 is 0 Å². The van der Waals surface area contributed by atoms with Crippen molar-refractivity contribution in [3.63, 3.8) is 0 Å². The van der Waals surface area contributed by atoms with Crippen LogP contribution in [-0.2, 0) is 0 Å². The maximum atomic E-state index is 5.79. The monoisotopic (exact) mass is 285 g/mol. The zero-order valence-corrected chi connectivity index (χ0v) is 11.8. The fourth-order valence-electron chi connectivity index (χ4n) is 1.47. The third-order valence-corrected chi connectivity index (χ3v) is 3.12. The zero-order valence-electron chi connectivity index (χ0n) is 10.2. The molecule has 1 rings (SSSR count). The van der Waals surface area contributed by atoms with E-state index in [2.05, 4.69) is 41.2 Å². The van der Waals surface area contributed by atoms with Gasteiger partial charge in [-0.25, -0.2) is 0 Å². The van der Waals surface area contributed by atoms with Crippen LogP contribution in [0, 0.1) is 0 Å². The Balaban J connectivity index is 2.80. The van der Waals surface area contributed by atoms with Gasteiger partial charge < -0.3 is 10.1 Å². The van der Waals surface area contributed by atoms with Crippen LogP contribution in [0.15, 0.2) is 22.7 Å². The Labute approximate surface area is 107 Å². The molecule has 0 heterocycles. The molecular formula is C13H20BrNO. The first-order chi connectivity index (χ1) is 7.69. The molecule has 0 aliphatic carbocycles. The third-order valence-electron chi connectivity index (χ3n) is 2.63. The van der Waals surface area contributed by atoms with Gasteiger partial charge in [-0.15, -0.1) is 0 Å². The lowest BCUT2D eigenvalue weighted by Gasteiger charge is -2.16. The second-order valence-corrected chi connectivity index (χ2v) is 4.81. The van der Waals surface area contributed by atoms with E-state index in [1.807, 2.05) is 19.2 Å². The van der Waals surface area contributed by atoms with Crippen molar-refractivity contribution >= 4 is 15.9 Å². The molecule has 0 bridgehead atoms. The molecule has 1 atom stereocenters. The van der Waals surface area contributed by atoms with Gasteiger partial charge in [-0.2, -0.15) is 0 Å². The number of unbranched alkanes of at least 4 members (excludes halogenated alkanes) is 1. The quantitative estimate of drug-likeness (QED) is 0.801. The number of hydrogen-bond donors (Lipinski definition) is 1. The van der Waals surface area contributed by atoms with Crippen molar-refractivity contribution in [1.82, 2.24) is 5.32 Å². The van der Waals surface area contributed by atoms with E-state index < -0.39 is 0 Å². The Bertz CT molecular complexity index is 328. The number of nitrogens with one attached hydrogen (secondary N) is 1. The van der Waals surface area contributed by atoms with Crippen LogP contribution < -0.4 is 10.1 Å². The van der Waals surface area contributed by atoms with Crippen LogP contribution in [0.1, 0.15) is 38.3 Å². The normalized spacial score (nSPS) is 12.5. The van der Waals surface area contributed by atoms with Crippen LogP contribution in [0.25, 0.3) is 0 Å². The van der Waals surface area contributed by atoms with Crippen LogP contribution in [-0.4, -0.2) is 13.7 Å². The topological polar surface area (TPSA) is 21.3 Å². The van der Waals surface area contributed by atoms with Gasteiger partial charge in [0.25, 0.3) is 0 Å². The van der Waals surface area contributed by atoms with Crippen molar-refractivity contribution in [2.24, 2.45) is 0 Å². The second-order valence-electron chi connectivity index (χ2n) is 3.89. The summed E-state index contributed by atoms with van der Waals surface area (Å²) in [5.74, 6) is 0.985. The van der Waals surface area contributed by atoms with Crippen molar-refractivity contribution < 1.29 is 4.74 Å². The van der Waals surface area contributed by atoms with Gasteiger partial charge in [-0.1, -0.05) is 29.3 Å². The van der Waals surface area contributed by atoms with Gasteiger partial charge in [0.15, 0.2) is 0 Å². The molecule has 1 aromatic rings. The molecular weight excluding hydrogens is 266 g/mol. The molecule has 0 saturated carbocycles. The summed E-state index contributed by atoms with van der Waals surface area (Å²) in [6.45, 7) is 5.10. The van der Waals surface area contributed by atoms with Crippen molar-refractivity contribution in [3.8, 4) is 5.75 Å². The summed E-state index contributed by atoms with van der Waals surface area (Å²) in [4.78, 5) is 0. The fraction of sp³-hybridized carbons (Fsp3) is 0.538. The summed E-state index contributed by atoms with van der Waals surface area (Å²) >= 11 is 3.49. The van der Waals surface area contributed by atoms with Crippen molar-refractivity contribution in [3.05, 3.63) is 28.2 Å². The number of hydrogen-bond acceptors (Lipinski definition) is 2. The van der Waals surface area contributed by atoms with Crippen molar-refractivity contribution in [2.45, 2.75) is 32.7 Å². The first-order valence-corrected chi connectivity index (χ1v) is 6.57. The summed E-state index contributed by atoms with van der Waals surface area (Å²) in [6, 6.07) is 6.47. The summed E-state index contributed by atoms with van der Waals surface area (Å²) in [5, 5.41) is 3.24. The van der Waals surface area contributed by atoms with E-state index in [-0.39, 0.29) is 0 Å². The Morgan fingerprint density at radius 1 is 1.44 bits per heavy atom. The first kappa shape index (κ1) is 13.5. The molecule has 1 unspecified atom stereocenters. The number of ether oxygens (including phenoxy) is 1. The van der Waals surface area contributed by atoms with Crippen LogP contribution in [0.2, 0.25) is 0 Å². The minimum absolute atomic E-state index is 0.300. The van der Waals surface area contributed by atoms with E-state index in [0.717, 1.165) is 29.7 Å². The van der Waals surface area contributed by atoms with Crippen molar-refractivity contribution in [1.29, 1.82) is 0 Å². The maximum Gasteiger partial charge on any atom is 0.124 e. The van der Waals surface area contributed by atoms with Crippen LogP contribution in [0.4, 0.5) is 0 Å². The van der Waals surface area contributed by atoms with Gasteiger partial charge >= 0.3 is 0 Å². The van der Waals surface area contributed by atoms with E-state index in [4.69, 9.17) is 4.74 Å². The highest BCUT2D eigenvalue weighted by Gasteiger charge is 2.10. The molecule has 3 heteroatoms. The molecule has 0 aliphatic rings. The smallest absolute Gasteiger partial charge is 0.124 e. The summed E-state index contributed by atoms with van der Waals surface area (Å²) < 4.78 is 6.88. The lowest BCUT2D eigenvalue weighted by Crippen LogP contribution is -2.14. The summed E-state index contributed by atoms with van der Waals surface area (Å²) in [7, 11) is 1.96. The summed E-state index contributed by atoms with van der Waals surface area (Å²) in [6.07, 6.45) is 2.26.